The zero-order valence-electron chi connectivity index (χ0n) is 24.1. The number of H-pyrrole nitrogens is 1. The van der Waals surface area contributed by atoms with Crippen molar-refractivity contribution in [1.82, 2.24) is 14.9 Å². The maximum absolute atomic E-state index is 13.5. The van der Waals surface area contributed by atoms with Gasteiger partial charge >= 0.3 is 0 Å². The summed E-state index contributed by atoms with van der Waals surface area (Å²) in [4.78, 5) is 29.9. The summed E-state index contributed by atoms with van der Waals surface area (Å²) >= 11 is 6.66. The second kappa shape index (κ2) is 9.75. The smallest absolute Gasteiger partial charge is 0.259 e. The van der Waals surface area contributed by atoms with Gasteiger partial charge in [-0.15, -0.1) is 0 Å². The van der Waals surface area contributed by atoms with Gasteiger partial charge in [0.2, 0.25) is 0 Å². The van der Waals surface area contributed by atoms with E-state index in [1.807, 2.05) is 48.7 Å². The molecule has 0 radical (unpaired) electrons. The van der Waals surface area contributed by atoms with Crippen molar-refractivity contribution in [2.45, 2.75) is 57.5 Å². The van der Waals surface area contributed by atoms with E-state index in [4.69, 9.17) is 20.8 Å². The van der Waals surface area contributed by atoms with Gasteiger partial charge in [0.25, 0.3) is 11.8 Å². The minimum absolute atomic E-state index is 0.0104. The summed E-state index contributed by atoms with van der Waals surface area (Å²) in [6.07, 6.45) is 7.10. The maximum Gasteiger partial charge on any atom is 0.259 e. The first kappa shape index (κ1) is 27.6. The number of nitrogens with zero attached hydrogens (tertiary/aromatic N) is 1. The molecule has 3 heterocycles. The lowest BCUT2D eigenvalue weighted by atomic mass is 9.95. The number of imide groups is 1. The molecule has 1 unspecified atom stereocenters. The number of aromatic amines is 1. The van der Waals surface area contributed by atoms with Crippen LogP contribution in [-0.4, -0.2) is 42.9 Å². The number of halogens is 1. The van der Waals surface area contributed by atoms with Crippen LogP contribution in [0.2, 0.25) is 23.3 Å². The predicted octanol–water partition coefficient (Wildman–Crippen LogP) is 7.24. The number of para-hydroxylation sites is 1. The summed E-state index contributed by atoms with van der Waals surface area (Å²) in [7, 11) is -0.344. The molecule has 2 aromatic carbocycles. The van der Waals surface area contributed by atoms with Crippen LogP contribution >= 0.6 is 11.6 Å². The molecule has 2 N–H and O–H groups in total. The molecule has 6 rings (SSSR count). The molecule has 0 fully saturated rings. The third-order valence-electron chi connectivity index (χ3n) is 8.78. The average molecular weight is 588 g/mol. The number of ether oxygens (including phenoxy) is 1. The fourth-order valence-electron chi connectivity index (χ4n) is 5.64. The molecule has 0 spiro atoms. The number of amides is 2. The van der Waals surface area contributed by atoms with Crippen molar-refractivity contribution < 1.29 is 18.8 Å². The number of aromatic nitrogens is 2. The predicted molar refractivity (Wildman–Crippen MR) is 167 cm³/mol. The van der Waals surface area contributed by atoms with E-state index in [0.29, 0.717) is 27.6 Å². The van der Waals surface area contributed by atoms with Crippen LogP contribution in [0.4, 0.5) is 0 Å². The van der Waals surface area contributed by atoms with E-state index in [1.54, 1.807) is 7.11 Å². The van der Waals surface area contributed by atoms with Gasteiger partial charge in [-0.05, 0) is 42.4 Å². The molecule has 4 aromatic rings. The fourth-order valence-corrected chi connectivity index (χ4v) is 7.22. The number of hydrogen-bond donors (Lipinski definition) is 2. The van der Waals surface area contributed by atoms with Crippen molar-refractivity contribution in [2.75, 3.05) is 7.11 Å². The Bertz CT molecular complexity index is 1790. The van der Waals surface area contributed by atoms with E-state index in [-0.39, 0.29) is 22.8 Å². The van der Waals surface area contributed by atoms with Crippen LogP contribution in [0, 0.1) is 0 Å². The van der Waals surface area contributed by atoms with Gasteiger partial charge in [-0.3, -0.25) is 14.9 Å². The molecule has 9 heteroatoms. The Balaban J connectivity index is 1.50. The van der Waals surface area contributed by atoms with Gasteiger partial charge in [0.15, 0.2) is 8.32 Å². The Morgan fingerprint density at radius 3 is 2.46 bits per heavy atom. The molecule has 2 amide bonds. The number of carbonyl (C=O) groups excluding carboxylic acids is 2. The standard InChI is InChI=1S/C32H34ClN3O4Si/c1-32(2,3)41(5,6)40-20-12-11-18(15-20)36-17-23(22-16-19(39-4)13-14-25(22)36)27-28(31(38)35-30(27)37)26-21-9-7-8-10-24(21)34-29(26)33/h7-14,16-18,20,34H,15H2,1-6H3,(H,35,37,38)/t18?,20-/m1/s1. The van der Waals surface area contributed by atoms with Gasteiger partial charge in [0.1, 0.15) is 10.9 Å². The van der Waals surface area contributed by atoms with Crippen molar-refractivity contribution in [3.8, 4) is 5.75 Å². The first-order chi connectivity index (χ1) is 19.4. The van der Waals surface area contributed by atoms with Crippen LogP contribution < -0.4 is 10.1 Å². The van der Waals surface area contributed by atoms with Crippen LogP contribution in [0.3, 0.4) is 0 Å². The van der Waals surface area contributed by atoms with E-state index in [0.717, 1.165) is 28.2 Å². The zero-order chi connectivity index (χ0) is 29.3. The van der Waals surface area contributed by atoms with Crippen molar-refractivity contribution in [2.24, 2.45) is 0 Å². The van der Waals surface area contributed by atoms with E-state index >= 15 is 0 Å². The van der Waals surface area contributed by atoms with E-state index < -0.39 is 20.1 Å². The largest absolute Gasteiger partial charge is 0.497 e. The second-order valence-corrected chi connectivity index (χ2v) is 17.5. The monoisotopic (exact) mass is 587 g/mol. The van der Waals surface area contributed by atoms with Crippen molar-refractivity contribution in [3.63, 3.8) is 0 Å². The van der Waals surface area contributed by atoms with E-state index in [2.05, 4.69) is 60.9 Å². The molecule has 0 saturated carbocycles. The molecule has 41 heavy (non-hydrogen) atoms. The molecule has 0 bridgehead atoms. The number of allylic oxidation sites excluding steroid dienone is 1. The van der Waals surface area contributed by atoms with E-state index in [9.17, 15) is 9.59 Å². The number of carbonyl (C=O) groups is 2. The van der Waals surface area contributed by atoms with Crippen LogP contribution in [0.1, 0.15) is 44.4 Å². The number of fused-ring (bicyclic) bond motifs is 2. The number of nitrogens with one attached hydrogen (secondary N) is 2. The molecular weight excluding hydrogens is 554 g/mol. The molecule has 212 valence electrons. The molecule has 2 aliphatic rings. The first-order valence-electron chi connectivity index (χ1n) is 13.8. The van der Waals surface area contributed by atoms with Gasteiger partial charge in [0, 0.05) is 45.6 Å². The van der Waals surface area contributed by atoms with Gasteiger partial charge in [-0.25, -0.2) is 0 Å². The zero-order valence-corrected chi connectivity index (χ0v) is 25.8. The summed E-state index contributed by atoms with van der Waals surface area (Å²) in [5.41, 5.74) is 3.47. The lowest BCUT2D eigenvalue weighted by Crippen LogP contribution is -2.43. The van der Waals surface area contributed by atoms with Crippen molar-refractivity contribution in [3.05, 3.63) is 77.1 Å². The van der Waals surface area contributed by atoms with Crippen LogP contribution in [0.15, 0.2) is 60.8 Å². The number of benzene rings is 2. The van der Waals surface area contributed by atoms with Crippen LogP contribution in [-0.2, 0) is 14.0 Å². The van der Waals surface area contributed by atoms with Gasteiger partial charge in [-0.2, -0.15) is 0 Å². The molecular formula is C32H34ClN3O4Si. The normalized spacial score (nSPS) is 19.7. The fraction of sp³-hybridized carbons (Fsp3) is 0.312. The highest BCUT2D eigenvalue weighted by atomic mass is 35.5. The van der Waals surface area contributed by atoms with Crippen molar-refractivity contribution >= 4 is 64.7 Å². The Labute approximate surface area is 245 Å². The highest BCUT2D eigenvalue weighted by Gasteiger charge is 2.41. The summed E-state index contributed by atoms with van der Waals surface area (Å²) in [5.74, 6) is -0.257. The summed E-state index contributed by atoms with van der Waals surface area (Å²) in [6, 6.07) is 13.4. The summed E-state index contributed by atoms with van der Waals surface area (Å²) in [6.45, 7) is 11.3. The third kappa shape index (κ3) is 4.54. The molecule has 0 saturated heterocycles. The Morgan fingerprint density at radius 2 is 1.73 bits per heavy atom. The SMILES string of the molecule is COc1ccc2c(c1)c(C1=C(c3c(Cl)[nH]c4ccccc34)C(=O)NC1=O)cn2C1C=C[C@@H](O[Si](C)(C)C(C)(C)C)C1. The number of hydrogen-bond acceptors (Lipinski definition) is 4. The van der Waals surface area contributed by atoms with Crippen molar-refractivity contribution in [1.29, 1.82) is 0 Å². The lowest BCUT2D eigenvalue weighted by Gasteiger charge is -2.38. The lowest BCUT2D eigenvalue weighted by molar-refractivity contribution is -0.122. The molecule has 7 nitrogen and oxygen atoms in total. The minimum Gasteiger partial charge on any atom is -0.497 e. The van der Waals surface area contributed by atoms with Crippen LogP contribution in [0.25, 0.3) is 33.0 Å². The first-order valence-corrected chi connectivity index (χ1v) is 17.1. The van der Waals surface area contributed by atoms with Gasteiger partial charge in [0.05, 0.1) is 30.4 Å². The average Bonchev–Trinajstić information content (AvgIpc) is 3.65. The number of methoxy groups -OCH3 is 1. The van der Waals surface area contributed by atoms with Gasteiger partial charge < -0.3 is 18.7 Å². The van der Waals surface area contributed by atoms with Gasteiger partial charge in [-0.1, -0.05) is 62.7 Å². The Kier molecular flexibility index (Phi) is 6.56. The Hall–Kier alpha value is -3.59. The molecule has 2 aromatic heterocycles. The minimum atomic E-state index is -1.96. The molecule has 1 aliphatic heterocycles. The molecule has 1 aliphatic carbocycles. The quantitative estimate of drug-likeness (QED) is 0.141. The summed E-state index contributed by atoms with van der Waals surface area (Å²) in [5, 5.41) is 4.54. The third-order valence-corrected chi connectivity index (χ3v) is 13.6. The van der Waals surface area contributed by atoms with Crippen LogP contribution in [0.5, 0.6) is 5.75 Å². The second-order valence-electron chi connectivity index (χ2n) is 12.3. The number of rotatable bonds is 6. The highest BCUT2D eigenvalue weighted by molar-refractivity contribution is 6.74. The molecule has 2 atom stereocenters. The maximum atomic E-state index is 13.5. The highest BCUT2D eigenvalue weighted by Crippen LogP contribution is 2.44. The summed E-state index contributed by atoms with van der Waals surface area (Å²) < 4.78 is 14.4. The van der Waals surface area contributed by atoms with E-state index in [1.165, 1.54) is 0 Å². The topological polar surface area (TPSA) is 85.4 Å². The Morgan fingerprint density at radius 1 is 1.00 bits per heavy atom.